The van der Waals surface area contributed by atoms with Crippen molar-refractivity contribution >= 4 is 28.0 Å². The molecule has 0 amide bonds. The van der Waals surface area contributed by atoms with E-state index in [0.29, 0.717) is 10.1 Å². The lowest BCUT2D eigenvalue weighted by Crippen LogP contribution is -2.14. The Morgan fingerprint density at radius 2 is 1.83 bits per heavy atom. The molecule has 0 saturated heterocycles. The molecule has 2 aromatic carbocycles. The van der Waals surface area contributed by atoms with Crippen molar-refractivity contribution in [3.8, 4) is 0 Å². The summed E-state index contributed by atoms with van der Waals surface area (Å²) in [5.74, 6) is -1.41. The highest BCUT2D eigenvalue weighted by Gasteiger charge is 2.25. The number of imidazole rings is 2. The molecule has 4 aromatic rings. The molecule has 0 spiro atoms. The van der Waals surface area contributed by atoms with Crippen molar-refractivity contribution in [2.24, 2.45) is 0 Å². The molecule has 150 valence electrons. The minimum atomic E-state index is -2.87. The van der Waals surface area contributed by atoms with E-state index in [4.69, 9.17) is 4.74 Å². The second kappa shape index (κ2) is 7.19. The summed E-state index contributed by atoms with van der Waals surface area (Å²) >= 11 is 0. The molecule has 0 bridgehead atoms. The number of halogens is 4. The SMILES string of the molecule is CC(OC(=O)c1ccc2nc(C(F)F)[nH]c2c1)c1nc2ccccc2n1C(F)F. The second-order valence-corrected chi connectivity index (χ2v) is 6.31. The number of nitrogens with zero attached hydrogens (tertiary/aromatic N) is 3. The maximum Gasteiger partial charge on any atom is 0.338 e. The van der Waals surface area contributed by atoms with Crippen molar-refractivity contribution in [1.29, 1.82) is 0 Å². The summed E-state index contributed by atoms with van der Waals surface area (Å²) in [5.41, 5.74) is 1.14. The number of ether oxygens (including phenoxy) is 1. The van der Waals surface area contributed by atoms with E-state index in [1.165, 1.54) is 31.2 Å². The smallest absolute Gasteiger partial charge is 0.338 e. The quantitative estimate of drug-likeness (QED) is 0.367. The molecule has 29 heavy (non-hydrogen) atoms. The molecule has 4 rings (SSSR count). The molecule has 0 fully saturated rings. The van der Waals surface area contributed by atoms with Gasteiger partial charge in [0.25, 0.3) is 6.43 Å². The van der Waals surface area contributed by atoms with Crippen LogP contribution in [-0.4, -0.2) is 25.5 Å². The van der Waals surface area contributed by atoms with Gasteiger partial charge in [-0.15, -0.1) is 0 Å². The van der Waals surface area contributed by atoms with Crippen LogP contribution in [0.3, 0.4) is 0 Å². The van der Waals surface area contributed by atoms with Gasteiger partial charge in [-0.05, 0) is 37.3 Å². The van der Waals surface area contributed by atoms with Crippen LogP contribution in [0, 0.1) is 0 Å². The van der Waals surface area contributed by atoms with Crippen molar-refractivity contribution in [1.82, 2.24) is 19.5 Å². The Kier molecular flexibility index (Phi) is 4.69. The van der Waals surface area contributed by atoms with Gasteiger partial charge in [-0.3, -0.25) is 4.57 Å². The molecule has 1 N–H and O–H groups in total. The van der Waals surface area contributed by atoms with Gasteiger partial charge in [-0.25, -0.2) is 23.5 Å². The number of esters is 1. The fraction of sp³-hybridized carbons (Fsp3) is 0.211. The Morgan fingerprint density at radius 1 is 1.07 bits per heavy atom. The molecule has 2 aromatic heterocycles. The highest BCUT2D eigenvalue weighted by molar-refractivity contribution is 5.93. The lowest BCUT2D eigenvalue weighted by Gasteiger charge is -2.15. The predicted molar refractivity (Wildman–Crippen MR) is 95.9 cm³/mol. The van der Waals surface area contributed by atoms with Crippen molar-refractivity contribution in [3.63, 3.8) is 0 Å². The van der Waals surface area contributed by atoms with Crippen LogP contribution in [0.25, 0.3) is 22.1 Å². The van der Waals surface area contributed by atoms with E-state index in [2.05, 4.69) is 15.0 Å². The van der Waals surface area contributed by atoms with Gasteiger partial charge in [-0.2, -0.15) is 8.78 Å². The number of para-hydroxylation sites is 2. The average molecular weight is 406 g/mol. The summed E-state index contributed by atoms with van der Waals surface area (Å²) in [4.78, 5) is 22.8. The standard InChI is InChI=1S/C19H14F4N4O2/c1-9(17-26-12-4-2-3-5-14(12)27(17)19(22)23)29-18(28)10-6-7-11-13(8-10)25-16(24-11)15(20)21/h2-9,15,19H,1H3,(H,24,25). The predicted octanol–water partition coefficient (Wildman–Crippen LogP) is 5.16. The van der Waals surface area contributed by atoms with E-state index >= 15 is 0 Å². The summed E-state index contributed by atoms with van der Waals surface area (Å²) < 4.78 is 58.7. The van der Waals surface area contributed by atoms with Gasteiger partial charge in [0, 0.05) is 0 Å². The Balaban J connectivity index is 1.62. The monoisotopic (exact) mass is 406 g/mol. The molecule has 6 nitrogen and oxygen atoms in total. The first-order valence-corrected chi connectivity index (χ1v) is 8.59. The third kappa shape index (κ3) is 3.41. The van der Waals surface area contributed by atoms with Crippen LogP contribution >= 0.6 is 0 Å². The molecule has 0 radical (unpaired) electrons. The summed E-state index contributed by atoms with van der Waals surface area (Å²) in [6, 6.07) is 10.4. The number of alkyl halides is 4. The van der Waals surface area contributed by atoms with Gasteiger partial charge < -0.3 is 9.72 Å². The van der Waals surface area contributed by atoms with Gasteiger partial charge in [0.1, 0.15) is 0 Å². The largest absolute Gasteiger partial charge is 0.451 e. The molecule has 0 aliphatic rings. The summed E-state index contributed by atoms with van der Waals surface area (Å²) in [6.07, 6.45) is -3.85. The minimum absolute atomic E-state index is 0.0634. The lowest BCUT2D eigenvalue weighted by atomic mass is 10.2. The van der Waals surface area contributed by atoms with Gasteiger partial charge in [0.15, 0.2) is 17.8 Å². The van der Waals surface area contributed by atoms with Crippen molar-refractivity contribution in [2.45, 2.75) is 26.0 Å². The minimum Gasteiger partial charge on any atom is -0.451 e. The van der Waals surface area contributed by atoms with Crippen molar-refractivity contribution < 1.29 is 27.1 Å². The fourth-order valence-electron chi connectivity index (χ4n) is 3.10. The number of rotatable bonds is 5. The number of hydrogen-bond acceptors (Lipinski definition) is 4. The van der Waals surface area contributed by atoms with Gasteiger partial charge in [0.2, 0.25) is 0 Å². The molecular formula is C19H14F4N4O2. The Bertz CT molecular complexity index is 1200. The van der Waals surface area contributed by atoms with E-state index in [9.17, 15) is 22.4 Å². The molecule has 0 aliphatic heterocycles. The lowest BCUT2D eigenvalue weighted by molar-refractivity contribution is 0.0233. The van der Waals surface area contributed by atoms with Crippen LogP contribution in [-0.2, 0) is 4.74 Å². The zero-order valence-corrected chi connectivity index (χ0v) is 14.9. The number of H-pyrrole nitrogens is 1. The summed E-state index contributed by atoms with van der Waals surface area (Å²) in [7, 11) is 0. The second-order valence-electron chi connectivity index (χ2n) is 6.31. The maximum atomic E-state index is 13.6. The number of carbonyl (C=O) groups is 1. The number of carbonyl (C=O) groups excluding carboxylic acids is 1. The number of aromatic amines is 1. The summed E-state index contributed by atoms with van der Waals surface area (Å²) in [5, 5.41) is 0. The normalized spacial score (nSPS) is 12.9. The maximum absolute atomic E-state index is 13.6. The zero-order chi connectivity index (χ0) is 20.7. The third-order valence-corrected chi connectivity index (χ3v) is 4.41. The molecule has 1 atom stereocenters. The molecule has 0 aliphatic carbocycles. The van der Waals surface area contributed by atoms with E-state index in [1.54, 1.807) is 18.2 Å². The van der Waals surface area contributed by atoms with E-state index in [0.717, 1.165) is 0 Å². The number of aromatic nitrogens is 4. The highest BCUT2D eigenvalue weighted by Crippen LogP contribution is 2.29. The molecule has 1 unspecified atom stereocenters. The van der Waals surface area contributed by atoms with Crippen LogP contribution < -0.4 is 0 Å². The summed E-state index contributed by atoms with van der Waals surface area (Å²) in [6.45, 7) is -1.44. The number of nitrogens with one attached hydrogen (secondary N) is 1. The number of fused-ring (bicyclic) bond motifs is 2. The number of benzene rings is 2. The molecule has 0 saturated carbocycles. The van der Waals surface area contributed by atoms with Crippen LogP contribution in [0.1, 0.15) is 48.0 Å². The van der Waals surface area contributed by atoms with E-state index in [1.807, 2.05) is 0 Å². The first kappa shape index (κ1) is 18.9. The third-order valence-electron chi connectivity index (χ3n) is 4.41. The van der Waals surface area contributed by atoms with E-state index in [-0.39, 0.29) is 27.9 Å². The van der Waals surface area contributed by atoms with Crippen molar-refractivity contribution in [2.75, 3.05) is 0 Å². The van der Waals surface area contributed by atoms with Gasteiger partial charge in [-0.1, -0.05) is 12.1 Å². The Morgan fingerprint density at radius 3 is 2.55 bits per heavy atom. The molecule has 2 heterocycles. The highest BCUT2D eigenvalue weighted by atomic mass is 19.3. The zero-order valence-electron chi connectivity index (χ0n) is 14.9. The molecular weight excluding hydrogens is 392 g/mol. The average Bonchev–Trinajstić information content (AvgIpc) is 3.28. The van der Waals surface area contributed by atoms with E-state index < -0.39 is 30.9 Å². The fourth-order valence-corrected chi connectivity index (χ4v) is 3.10. The van der Waals surface area contributed by atoms with Crippen LogP contribution in [0.2, 0.25) is 0 Å². The van der Waals surface area contributed by atoms with Crippen molar-refractivity contribution in [3.05, 3.63) is 59.7 Å². The van der Waals surface area contributed by atoms with Crippen LogP contribution in [0.4, 0.5) is 17.6 Å². The van der Waals surface area contributed by atoms with Crippen LogP contribution in [0.5, 0.6) is 0 Å². The van der Waals surface area contributed by atoms with Crippen LogP contribution in [0.15, 0.2) is 42.5 Å². The Labute approximate surface area is 161 Å². The van der Waals surface area contributed by atoms with Gasteiger partial charge in [0.05, 0.1) is 27.6 Å². The number of hydrogen-bond donors (Lipinski definition) is 1. The first-order valence-electron chi connectivity index (χ1n) is 8.59. The van der Waals surface area contributed by atoms with Gasteiger partial charge >= 0.3 is 12.5 Å². The topological polar surface area (TPSA) is 72.8 Å². The molecule has 10 heteroatoms. The first-order chi connectivity index (χ1) is 13.8. The Hall–Kier alpha value is -3.43.